The summed E-state index contributed by atoms with van der Waals surface area (Å²) in [6.45, 7) is 5.88. The van der Waals surface area contributed by atoms with E-state index in [4.69, 9.17) is 16.3 Å². The Hall–Kier alpha value is -2.73. The van der Waals surface area contributed by atoms with E-state index in [9.17, 15) is 9.59 Å². The third-order valence-electron chi connectivity index (χ3n) is 5.63. The van der Waals surface area contributed by atoms with Crippen LogP contribution in [0.1, 0.15) is 30.1 Å². The first kappa shape index (κ1) is 20.5. The lowest BCUT2D eigenvalue weighted by atomic mass is 10.1. The molecule has 6 nitrogen and oxygen atoms in total. The van der Waals surface area contributed by atoms with Crippen molar-refractivity contribution in [1.82, 2.24) is 4.90 Å². The maximum Gasteiger partial charge on any atom is 0.256 e. The highest BCUT2D eigenvalue weighted by molar-refractivity contribution is 6.31. The molecule has 0 N–H and O–H groups in total. The second-order valence-electron chi connectivity index (χ2n) is 7.49. The van der Waals surface area contributed by atoms with Crippen molar-refractivity contribution < 1.29 is 14.3 Å². The molecule has 30 heavy (non-hydrogen) atoms. The van der Waals surface area contributed by atoms with Gasteiger partial charge in [0.25, 0.3) is 5.91 Å². The quantitative estimate of drug-likeness (QED) is 0.727. The standard InChI is InChI=1S/C23H26ClN3O3/c1-2-30-21-7-4-3-6-19(21)25-12-14-26(15-13-25)23(29)18-10-9-17(24)16-20(18)27-11-5-8-22(27)28/h3-4,6-7,9-10,16H,2,5,8,11-15H2,1H3. The van der Waals surface area contributed by atoms with Gasteiger partial charge in [0.1, 0.15) is 5.75 Å². The minimum Gasteiger partial charge on any atom is -0.492 e. The average Bonchev–Trinajstić information content (AvgIpc) is 3.20. The van der Waals surface area contributed by atoms with E-state index in [1.54, 1.807) is 23.1 Å². The number of anilines is 2. The fraction of sp³-hybridized carbons (Fsp3) is 0.391. The Balaban J connectivity index is 1.50. The van der Waals surface area contributed by atoms with Crippen molar-refractivity contribution in [1.29, 1.82) is 0 Å². The summed E-state index contributed by atoms with van der Waals surface area (Å²) >= 11 is 6.18. The van der Waals surface area contributed by atoms with Crippen molar-refractivity contribution in [3.05, 3.63) is 53.1 Å². The molecule has 2 aliphatic rings. The summed E-state index contributed by atoms with van der Waals surface area (Å²) in [5, 5.41) is 0.526. The number of hydrogen-bond acceptors (Lipinski definition) is 4. The van der Waals surface area contributed by atoms with Crippen LogP contribution in [0.4, 0.5) is 11.4 Å². The summed E-state index contributed by atoms with van der Waals surface area (Å²) in [5.41, 5.74) is 2.22. The van der Waals surface area contributed by atoms with Crippen molar-refractivity contribution in [2.24, 2.45) is 0 Å². The summed E-state index contributed by atoms with van der Waals surface area (Å²) < 4.78 is 5.76. The monoisotopic (exact) mass is 427 g/mol. The molecule has 2 saturated heterocycles. The fourth-order valence-corrected chi connectivity index (χ4v) is 4.29. The lowest BCUT2D eigenvalue weighted by molar-refractivity contribution is -0.117. The zero-order chi connectivity index (χ0) is 21.1. The number of carbonyl (C=O) groups excluding carboxylic acids is 2. The largest absolute Gasteiger partial charge is 0.492 e. The molecule has 2 heterocycles. The van der Waals surface area contributed by atoms with E-state index in [1.165, 1.54) is 0 Å². The van der Waals surface area contributed by atoms with Gasteiger partial charge in [0.2, 0.25) is 5.91 Å². The predicted molar refractivity (Wildman–Crippen MR) is 119 cm³/mol. The molecule has 0 bridgehead atoms. The Labute approximate surface area is 182 Å². The number of hydrogen-bond donors (Lipinski definition) is 0. The Kier molecular flexibility index (Phi) is 6.13. The summed E-state index contributed by atoms with van der Waals surface area (Å²) in [4.78, 5) is 31.4. The van der Waals surface area contributed by atoms with Crippen LogP contribution in [0.2, 0.25) is 5.02 Å². The van der Waals surface area contributed by atoms with Gasteiger partial charge in [0, 0.05) is 44.2 Å². The van der Waals surface area contributed by atoms with Crippen LogP contribution in [-0.4, -0.2) is 56.0 Å². The highest BCUT2D eigenvalue weighted by Crippen LogP contribution is 2.31. The number of amides is 2. The van der Waals surface area contributed by atoms with Crippen LogP contribution < -0.4 is 14.5 Å². The molecule has 0 unspecified atom stereocenters. The van der Waals surface area contributed by atoms with Crippen molar-refractivity contribution in [2.75, 3.05) is 49.1 Å². The molecule has 7 heteroatoms. The highest BCUT2D eigenvalue weighted by atomic mass is 35.5. The number of benzene rings is 2. The van der Waals surface area contributed by atoms with Gasteiger partial charge in [-0.25, -0.2) is 0 Å². The molecule has 0 aliphatic carbocycles. The Bertz CT molecular complexity index is 941. The van der Waals surface area contributed by atoms with Crippen molar-refractivity contribution in [3.63, 3.8) is 0 Å². The normalized spacial score (nSPS) is 16.9. The van der Waals surface area contributed by atoms with Crippen LogP contribution in [-0.2, 0) is 4.79 Å². The van der Waals surface area contributed by atoms with Crippen LogP contribution in [0.25, 0.3) is 0 Å². The highest BCUT2D eigenvalue weighted by Gasteiger charge is 2.29. The lowest BCUT2D eigenvalue weighted by Gasteiger charge is -2.37. The molecule has 0 saturated carbocycles. The number of piperazine rings is 1. The van der Waals surface area contributed by atoms with Crippen molar-refractivity contribution in [3.8, 4) is 5.75 Å². The van der Waals surface area contributed by atoms with Gasteiger partial charge in [-0.2, -0.15) is 0 Å². The second kappa shape index (κ2) is 8.96. The first-order valence-corrected chi connectivity index (χ1v) is 10.8. The minimum absolute atomic E-state index is 0.0451. The van der Waals surface area contributed by atoms with E-state index in [1.807, 2.05) is 30.0 Å². The molecule has 0 aromatic heterocycles. The predicted octanol–water partition coefficient (Wildman–Crippen LogP) is 3.83. The van der Waals surface area contributed by atoms with Gasteiger partial charge < -0.3 is 19.4 Å². The summed E-state index contributed by atoms with van der Waals surface area (Å²) in [5.74, 6) is 0.857. The Morgan fingerprint density at radius 2 is 1.80 bits per heavy atom. The lowest BCUT2D eigenvalue weighted by Crippen LogP contribution is -2.49. The number of halogens is 1. The van der Waals surface area contributed by atoms with Crippen LogP contribution in [0.15, 0.2) is 42.5 Å². The number of carbonyl (C=O) groups is 2. The van der Waals surface area contributed by atoms with Gasteiger partial charge in [-0.05, 0) is 43.7 Å². The number of para-hydroxylation sites is 2. The van der Waals surface area contributed by atoms with Crippen molar-refractivity contribution in [2.45, 2.75) is 19.8 Å². The van der Waals surface area contributed by atoms with E-state index in [-0.39, 0.29) is 11.8 Å². The summed E-state index contributed by atoms with van der Waals surface area (Å²) in [6, 6.07) is 13.2. The van der Waals surface area contributed by atoms with E-state index in [0.717, 1.165) is 30.9 Å². The van der Waals surface area contributed by atoms with Crippen LogP contribution in [0.5, 0.6) is 5.75 Å². The van der Waals surface area contributed by atoms with E-state index in [0.29, 0.717) is 48.9 Å². The minimum atomic E-state index is -0.0564. The van der Waals surface area contributed by atoms with Gasteiger partial charge >= 0.3 is 0 Å². The molecule has 158 valence electrons. The van der Waals surface area contributed by atoms with Crippen LogP contribution in [0.3, 0.4) is 0 Å². The number of ether oxygens (including phenoxy) is 1. The molecule has 2 aromatic carbocycles. The molecule has 2 fully saturated rings. The van der Waals surface area contributed by atoms with E-state index < -0.39 is 0 Å². The third-order valence-corrected chi connectivity index (χ3v) is 5.86. The number of nitrogens with zero attached hydrogens (tertiary/aromatic N) is 3. The Morgan fingerprint density at radius 3 is 2.50 bits per heavy atom. The molecule has 0 atom stereocenters. The average molecular weight is 428 g/mol. The first-order chi connectivity index (χ1) is 14.6. The molecule has 2 aliphatic heterocycles. The van der Waals surface area contributed by atoms with Crippen LogP contribution in [0, 0.1) is 0 Å². The molecule has 4 rings (SSSR count). The van der Waals surface area contributed by atoms with Gasteiger partial charge in [-0.15, -0.1) is 0 Å². The maximum absolute atomic E-state index is 13.3. The van der Waals surface area contributed by atoms with Crippen LogP contribution >= 0.6 is 11.6 Å². The zero-order valence-corrected chi connectivity index (χ0v) is 17.9. The fourth-order valence-electron chi connectivity index (χ4n) is 4.13. The topological polar surface area (TPSA) is 53.1 Å². The second-order valence-corrected chi connectivity index (χ2v) is 7.93. The summed E-state index contributed by atoms with van der Waals surface area (Å²) in [6.07, 6.45) is 1.31. The number of rotatable bonds is 5. The Morgan fingerprint density at radius 1 is 1.03 bits per heavy atom. The van der Waals surface area contributed by atoms with Crippen molar-refractivity contribution >= 4 is 34.8 Å². The maximum atomic E-state index is 13.3. The SMILES string of the molecule is CCOc1ccccc1N1CCN(C(=O)c2ccc(Cl)cc2N2CCCC2=O)CC1. The van der Waals surface area contributed by atoms with Gasteiger partial charge in [-0.3, -0.25) is 9.59 Å². The van der Waals surface area contributed by atoms with E-state index >= 15 is 0 Å². The molecule has 0 radical (unpaired) electrons. The molecule has 2 aromatic rings. The summed E-state index contributed by atoms with van der Waals surface area (Å²) in [7, 11) is 0. The molecular weight excluding hydrogens is 402 g/mol. The molecule has 0 spiro atoms. The first-order valence-electron chi connectivity index (χ1n) is 10.4. The van der Waals surface area contributed by atoms with Gasteiger partial charge in [0.05, 0.1) is 23.5 Å². The van der Waals surface area contributed by atoms with Gasteiger partial charge in [0.15, 0.2) is 0 Å². The smallest absolute Gasteiger partial charge is 0.256 e. The third kappa shape index (κ3) is 4.10. The van der Waals surface area contributed by atoms with Gasteiger partial charge in [-0.1, -0.05) is 23.7 Å². The molecule has 2 amide bonds. The van der Waals surface area contributed by atoms with E-state index in [2.05, 4.69) is 11.0 Å². The molecular formula is C23H26ClN3O3. The zero-order valence-electron chi connectivity index (χ0n) is 17.1.